The van der Waals surface area contributed by atoms with Gasteiger partial charge in [-0.2, -0.15) is 0 Å². The van der Waals surface area contributed by atoms with Crippen LogP contribution in [0.15, 0.2) is 0 Å². The minimum atomic E-state index is -0.754. The first-order valence-electron chi connectivity index (χ1n) is 9.23. The van der Waals surface area contributed by atoms with Crippen molar-refractivity contribution >= 4 is 17.9 Å². The molecule has 3 amide bonds. The number of nitrogens with two attached hydrogens (primary N) is 1. The Morgan fingerprint density at radius 3 is 2.36 bits per heavy atom. The molecule has 3 rings (SSSR count). The van der Waals surface area contributed by atoms with E-state index in [0.717, 1.165) is 31.1 Å². The first-order chi connectivity index (χ1) is 11.7. The van der Waals surface area contributed by atoms with Crippen LogP contribution in [0.3, 0.4) is 0 Å². The van der Waals surface area contributed by atoms with Crippen LogP contribution in [-0.4, -0.2) is 47.5 Å². The molecular formula is C18H29N3O4. The smallest absolute Gasteiger partial charge is 0.408 e. The predicted octanol–water partition coefficient (Wildman–Crippen LogP) is 1.40. The molecule has 25 heavy (non-hydrogen) atoms. The van der Waals surface area contributed by atoms with E-state index < -0.39 is 29.5 Å². The second kappa shape index (κ2) is 6.50. The zero-order valence-electron chi connectivity index (χ0n) is 15.3. The van der Waals surface area contributed by atoms with Crippen molar-refractivity contribution in [2.24, 2.45) is 23.0 Å². The molecular weight excluding hydrogens is 322 g/mol. The van der Waals surface area contributed by atoms with Crippen LogP contribution in [0.2, 0.25) is 0 Å². The van der Waals surface area contributed by atoms with Gasteiger partial charge in [0.05, 0.1) is 0 Å². The Morgan fingerprint density at radius 2 is 1.80 bits per heavy atom. The number of alkyl carbamates (subject to hydrolysis) is 1. The van der Waals surface area contributed by atoms with Gasteiger partial charge >= 0.3 is 6.09 Å². The van der Waals surface area contributed by atoms with Crippen LogP contribution in [0.5, 0.6) is 0 Å². The maximum Gasteiger partial charge on any atom is 0.408 e. The monoisotopic (exact) mass is 351 g/mol. The number of hydrogen-bond donors (Lipinski definition) is 2. The Morgan fingerprint density at radius 1 is 1.16 bits per heavy atom. The number of ether oxygens (including phenoxy) is 1. The van der Waals surface area contributed by atoms with Crippen molar-refractivity contribution in [2.45, 2.75) is 71.1 Å². The number of carbonyl (C=O) groups is 3. The molecule has 1 saturated heterocycles. The van der Waals surface area contributed by atoms with Gasteiger partial charge in [0.2, 0.25) is 11.8 Å². The molecule has 3 aliphatic rings. The number of likely N-dealkylation sites (tertiary alicyclic amines) is 1. The molecule has 0 aromatic carbocycles. The molecule has 2 aliphatic carbocycles. The highest BCUT2D eigenvalue weighted by atomic mass is 16.6. The van der Waals surface area contributed by atoms with Crippen LogP contribution in [-0.2, 0) is 14.3 Å². The maximum absolute atomic E-state index is 13.0. The fraction of sp³-hybridized carbons (Fsp3) is 0.833. The Kier molecular flexibility index (Phi) is 4.68. The summed E-state index contributed by atoms with van der Waals surface area (Å²) in [6, 6.07) is -1.34. The highest BCUT2D eigenvalue weighted by molar-refractivity contribution is 5.91. The summed E-state index contributed by atoms with van der Waals surface area (Å²) in [5.74, 6) is 0.684. The zero-order valence-corrected chi connectivity index (χ0v) is 15.3. The van der Waals surface area contributed by atoms with Crippen LogP contribution in [0.1, 0.15) is 52.9 Å². The fourth-order valence-corrected chi connectivity index (χ4v) is 4.20. The largest absolute Gasteiger partial charge is 0.446 e. The summed E-state index contributed by atoms with van der Waals surface area (Å²) in [7, 11) is 0. The van der Waals surface area contributed by atoms with E-state index >= 15 is 0 Å². The lowest BCUT2D eigenvalue weighted by atomic mass is 9.85. The Bertz CT molecular complexity index is 561. The van der Waals surface area contributed by atoms with Crippen LogP contribution in [0.4, 0.5) is 4.79 Å². The quantitative estimate of drug-likeness (QED) is 0.799. The van der Waals surface area contributed by atoms with Gasteiger partial charge in [-0.1, -0.05) is 20.8 Å². The summed E-state index contributed by atoms with van der Waals surface area (Å²) in [5.41, 5.74) is 4.92. The van der Waals surface area contributed by atoms with Crippen molar-refractivity contribution in [3.63, 3.8) is 0 Å². The normalized spacial score (nSPS) is 32.0. The van der Waals surface area contributed by atoms with E-state index in [-0.39, 0.29) is 12.0 Å². The lowest BCUT2D eigenvalue weighted by Gasteiger charge is -2.35. The Balaban J connectivity index is 1.63. The molecule has 3 N–H and O–H groups in total. The second-order valence-electron chi connectivity index (χ2n) is 8.79. The fourth-order valence-electron chi connectivity index (χ4n) is 4.20. The van der Waals surface area contributed by atoms with E-state index in [1.165, 1.54) is 11.3 Å². The minimum Gasteiger partial charge on any atom is -0.446 e. The number of nitrogens with zero attached hydrogens (tertiary/aromatic N) is 1. The molecule has 7 heteroatoms. The van der Waals surface area contributed by atoms with Crippen molar-refractivity contribution in [1.82, 2.24) is 10.2 Å². The molecule has 1 heterocycles. The van der Waals surface area contributed by atoms with Gasteiger partial charge in [-0.15, -0.1) is 0 Å². The van der Waals surface area contributed by atoms with E-state index in [1.807, 2.05) is 20.8 Å². The van der Waals surface area contributed by atoms with Crippen LogP contribution < -0.4 is 11.1 Å². The van der Waals surface area contributed by atoms with Crippen molar-refractivity contribution in [3.05, 3.63) is 0 Å². The summed E-state index contributed by atoms with van der Waals surface area (Å²) in [6.45, 7) is 6.14. The number of rotatable bonds is 4. The van der Waals surface area contributed by atoms with Gasteiger partial charge < -0.3 is 20.7 Å². The van der Waals surface area contributed by atoms with Crippen LogP contribution >= 0.6 is 0 Å². The summed E-state index contributed by atoms with van der Waals surface area (Å²) >= 11 is 0. The average Bonchev–Trinajstić information content (AvgIpc) is 2.94. The van der Waals surface area contributed by atoms with Crippen LogP contribution in [0, 0.1) is 17.3 Å². The van der Waals surface area contributed by atoms with Crippen molar-refractivity contribution in [1.29, 1.82) is 0 Å². The predicted molar refractivity (Wildman–Crippen MR) is 91.4 cm³/mol. The molecule has 2 saturated carbocycles. The average molecular weight is 351 g/mol. The van der Waals surface area contributed by atoms with Gasteiger partial charge in [0.25, 0.3) is 0 Å². The van der Waals surface area contributed by atoms with E-state index in [0.29, 0.717) is 13.0 Å². The van der Waals surface area contributed by atoms with Crippen molar-refractivity contribution < 1.29 is 19.1 Å². The third-order valence-corrected chi connectivity index (χ3v) is 5.71. The number of fused-ring (bicyclic) bond motifs is 1. The van der Waals surface area contributed by atoms with Crippen molar-refractivity contribution in [2.75, 3.05) is 6.54 Å². The first-order valence-corrected chi connectivity index (χ1v) is 9.23. The Hall–Kier alpha value is -1.79. The second-order valence-corrected chi connectivity index (χ2v) is 8.79. The summed E-state index contributed by atoms with van der Waals surface area (Å²) in [4.78, 5) is 38.4. The van der Waals surface area contributed by atoms with Crippen molar-refractivity contribution in [3.8, 4) is 0 Å². The van der Waals surface area contributed by atoms with E-state index in [4.69, 9.17) is 10.5 Å². The topological polar surface area (TPSA) is 102 Å². The van der Waals surface area contributed by atoms with Gasteiger partial charge in [-0.25, -0.2) is 4.79 Å². The standard InChI is InChI=1S/C18H29N3O4/c1-18(2,3)14(16(23)21-6-4-5-13(21)15(19)22)20-17(24)25-12-8-10-7-11(10)9-12/h10-14H,4-9H2,1-3H3,(H2,19,22)(H,20,24)/t10-,11+,12+,13?,14-/m1/s1. The lowest BCUT2D eigenvalue weighted by molar-refractivity contribution is -0.141. The molecule has 0 radical (unpaired) electrons. The number of carbonyl (C=O) groups excluding carboxylic acids is 3. The number of amides is 3. The third-order valence-electron chi connectivity index (χ3n) is 5.71. The summed E-state index contributed by atoms with van der Waals surface area (Å²) in [5, 5.41) is 2.75. The molecule has 0 spiro atoms. The zero-order chi connectivity index (χ0) is 18.4. The van der Waals surface area contributed by atoms with Gasteiger partial charge in [0.15, 0.2) is 0 Å². The molecule has 140 valence electrons. The van der Waals surface area contributed by atoms with E-state index in [1.54, 1.807) is 0 Å². The number of hydrogen-bond acceptors (Lipinski definition) is 4. The minimum absolute atomic E-state index is 0.0374. The number of nitrogens with one attached hydrogen (secondary N) is 1. The van der Waals surface area contributed by atoms with E-state index in [9.17, 15) is 14.4 Å². The molecule has 1 unspecified atom stereocenters. The number of primary amides is 1. The molecule has 1 aliphatic heterocycles. The summed E-state index contributed by atoms with van der Waals surface area (Å²) < 4.78 is 5.51. The third kappa shape index (κ3) is 3.90. The summed E-state index contributed by atoms with van der Waals surface area (Å²) in [6.07, 6.45) is 3.86. The molecule has 5 atom stereocenters. The first kappa shape index (κ1) is 18.0. The Labute approximate surface area is 148 Å². The van der Waals surface area contributed by atoms with Gasteiger partial charge in [-0.3, -0.25) is 9.59 Å². The maximum atomic E-state index is 13.0. The SMILES string of the molecule is CC(C)(C)[C@H](NC(=O)O[C@@H]1C[C@@H]2C[C@@H]2C1)C(=O)N1CCCC1C(N)=O. The highest BCUT2D eigenvalue weighted by Crippen LogP contribution is 2.52. The lowest BCUT2D eigenvalue weighted by Crippen LogP contribution is -2.57. The molecule has 7 nitrogen and oxygen atoms in total. The van der Waals surface area contributed by atoms with Gasteiger partial charge in [0.1, 0.15) is 18.2 Å². The highest BCUT2D eigenvalue weighted by Gasteiger charge is 2.48. The van der Waals surface area contributed by atoms with E-state index in [2.05, 4.69) is 5.32 Å². The molecule has 0 aromatic rings. The van der Waals surface area contributed by atoms with Crippen LogP contribution in [0.25, 0.3) is 0 Å². The molecule has 3 fully saturated rings. The van der Waals surface area contributed by atoms with Gasteiger partial charge in [-0.05, 0) is 49.4 Å². The molecule has 0 aromatic heterocycles. The molecule has 0 bridgehead atoms. The van der Waals surface area contributed by atoms with Gasteiger partial charge in [0, 0.05) is 6.54 Å².